The highest BCUT2D eigenvalue weighted by Gasteiger charge is 2.16. The summed E-state index contributed by atoms with van der Waals surface area (Å²) in [5.41, 5.74) is 3.90. The van der Waals surface area contributed by atoms with Gasteiger partial charge in [-0.1, -0.05) is 19.1 Å². The zero-order valence-corrected chi connectivity index (χ0v) is 16.6. The third-order valence-electron chi connectivity index (χ3n) is 5.19. The second-order valence-corrected chi connectivity index (χ2v) is 7.33. The minimum Gasteiger partial charge on any atom is -0.348 e. The third kappa shape index (κ3) is 4.12. The first-order valence-electron chi connectivity index (χ1n) is 9.76. The van der Waals surface area contributed by atoms with Gasteiger partial charge in [0.1, 0.15) is 5.82 Å². The van der Waals surface area contributed by atoms with Crippen LogP contribution in [0.3, 0.4) is 0 Å². The zero-order valence-electron chi connectivity index (χ0n) is 16.6. The van der Waals surface area contributed by atoms with Crippen LogP contribution in [-0.2, 0) is 25.9 Å². The lowest BCUT2D eigenvalue weighted by molar-refractivity contribution is 0.0950. The molecule has 3 heterocycles. The Morgan fingerprint density at radius 2 is 2.07 bits per heavy atom. The number of likely N-dealkylation sites (N-methyl/N-ethyl adjacent to an activating group) is 1. The fourth-order valence-electron chi connectivity index (χ4n) is 3.46. The molecule has 8 nitrogen and oxygen atoms in total. The molecular formula is C21H24N6O2. The van der Waals surface area contributed by atoms with Crippen LogP contribution in [-0.4, -0.2) is 44.6 Å². The molecule has 0 aliphatic carbocycles. The summed E-state index contributed by atoms with van der Waals surface area (Å²) in [6.45, 7) is 3.93. The molecule has 1 aliphatic rings. The van der Waals surface area contributed by atoms with E-state index in [2.05, 4.69) is 37.4 Å². The normalized spacial score (nSPS) is 13.9. The van der Waals surface area contributed by atoms with Gasteiger partial charge in [0.05, 0.1) is 0 Å². The fraction of sp³-hybridized carbons (Fsp3) is 0.333. The van der Waals surface area contributed by atoms with Gasteiger partial charge >= 0.3 is 0 Å². The van der Waals surface area contributed by atoms with Crippen molar-refractivity contribution in [1.29, 1.82) is 0 Å². The van der Waals surface area contributed by atoms with Gasteiger partial charge < -0.3 is 15.2 Å². The van der Waals surface area contributed by atoms with E-state index >= 15 is 0 Å². The third-order valence-corrected chi connectivity index (χ3v) is 5.19. The molecule has 3 aromatic rings. The van der Waals surface area contributed by atoms with Crippen LogP contribution >= 0.6 is 0 Å². The van der Waals surface area contributed by atoms with E-state index in [1.165, 1.54) is 0 Å². The minimum absolute atomic E-state index is 0.139. The van der Waals surface area contributed by atoms with E-state index in [1.807, 2.05) is 25.1 Å². The van der Waals surface area contributed by atoms with Crippen LogP contribution in [0.1, 0.15) is 39.9 Å². The number of H-pyrrole nitrogens is 2. The summed E-state index contributed by atoms with van der Waals surface area (Å²) in [5, 5.41) is 9.90. The zero-order chi connectivity index (χ0) is 20.4. The van der Waals surface area contributed by atoms with Gasteiger partial charge in [-0.15, -0.1) is 0 Å². The van der Waals surface area contributed by atoms with Crippen molar-refractivity contribution in [2.75, 3.05) is 13.6 Å². The second-order valence-electron chi connectivity index (χ2n) is 7.33. The Morgan fingerprint density at radius 3 is 2.79 bits per heavy atom. The van der Waals surface area contributed by atoms with E-state index in [0.29, 0.717) is 17.0 Å². The highest BCUT2D eigenvalue weighted by atomic mass is 16.1. The van der Waals surface area contributed by atoms with Gasteiger partial charge in [-0.3, -0.25) is 14.7 Å². The van der Waals surface area contributed by atoms with Crippen molar-refractivity contribution in [1.82, 2.24) is 30.4 Å². The van der Waals surface area contributed by atoms with Gasteiger partial charge in [0.2, 0.25) is 0 Å². The molecule has 0 radical (unpaired) electrons. The van der Waals surface area contributed by atoms with Crippen molar-refractivity contribution >= 4 is 5.91 Å². The summed E-state index contributed by atoms with van der Waals surface area (Å²) in [7, 11) is 2.06. The number of aromatic nitrogens is 4. The monoisotopic (exact) mass is 392 g/mol. The maximum absolute atomic E-state index is 12.5. The van der Waals surface area contributed by atoms with Crippen LogP contribution in [0.25, 0.3) is 11.4 Å². The quantitative estimate of drug-likeness (QED) is 0.612. The van der Waals surface area contributed by atoms with Crippen LogP contribution in [0, 0.1) is 0 Å². The smallest absolute Gasteiger partial charge is 0.253 e. The van der Waals surface area contributed by atoms with Crippen molar-refractivity contribution in [3.05, 3.63) is 68.9 Å². The summed E-state index contributed by atoms with van der Waals surface area (Å²) in [4.78, 5) is 34.4. The molecule has 29 heavy (non-hydrogen) atoms. The Morgan fingerprint density at radius 1 is 1.28 bits per heavy atom. The number of amides is 1. The Kier molecular flexibility index (Phi) is 5.26. The largest absolute Gasteiger partial charge is 0.348 e. The van der Waals surface area contributed by atoms with Crippen molar-refractivity contribution in [3.63, 3.8) is 0 Å². The first-order valence-corrected chi connectivity index (χ1v) is 9.76. The maximum atomic E-state index is 12.5. The molecule has 1 aliphatic heterocycles. The number of hydrogen-bond acceptors (Lipinski definition) is 5. The average molecular weight is 392 g/mol. The Hall–Kier alpha value is -3.26. The SMILES string of the molecule is CCc1nc(-c2ccc(C(=O)NCc3cc4c([nH]c3=O)CCN(C)C4)cc2)n[nH]1. The molecule has 0 saturated carbocycles. The van der Waals surface area contributed by atoms with Crippen LogP contribution < -0.4 is 10.9 Å². The van der Waals surface area contributed by atoms with Crippen molar-refractivity contribution in [2.24, 2.45) is 0 Å². The standard InChI is InChI=1S/C21H24N6O2/c1-3-18-24-19(26-25-18)13-4-6-14(7-5-13)20(28)22-11-15-10-16-12-27(2)9-8-17(16)23-21(15)29/h4-7,10H,3,8-9,11-12H2,1-2H3,(H,22,28)(H,23,29)(H,24,25,26). The van der Waals surface area contributed by atoms with Crippen molar-refractivity contribution in [2.45, 2.75) is 32.9 Å². The van der Waals surface area contributed by atoms with Gasteiger partial charge in [0.25, 0.3) is 11.5 Å². The van der Waals surface area contributed by atoms with Gasteiger partial charge in [-0.25, -0.2) is 4.98 Å². The molecule has 2 aromatic heterocycles. The van der Waals surface area contributed by atoms with E-state index in [9.17, 15) is 9.59 Å². The van der Waals surface area contributed by atoms with E-state index < -0.39 is 0 Å². The van der Waals surface area contributed by atoms with E-state index in [-0.39, 0.29) is 18.0 Å². The highest BCUT2D eigenvalue weighted by molar-refractivity contribution is 5.94. The van der Waals surface area contributed by atoms with Crippen LogP contribution in [0.2, 0.25) is 0 Å². The molecule has 150 valence electrons. The molecule has 1 aromatic carbocycles. The molecule has 1 amide bonds. The summed E-state index contributed by atoms with van der Waals surface area (Å²) in [6.07, 6.45) is 1.62. The summed E-state index contributed by atoms with van der Waals surface area (Å²) in [5.74, 6) is 1.21. The topological polar surface area (TPSA) is 107 Å². The number of carbonyl (C=O) groups is 1. The van der Waals surface area contributed by atoms with Gasteiger partial charge in [0, 0.05) is 54.9 Å². The predicted molar refractivity (Wildman–Crippen MR) is 109 cm³/mol. The number of aromatic amines is 2. The predicted octanol–water partition coefficient (Wildman–Crippen LogP) is 1.64. The van der Waals surface area contributed by atoms with E-state index in [4.69, 9.17) is 0 Å². The summed E-state index contributed by atoms with van der Waals surface area (Å²) >= 11 is 0. The lowest BCUT2D eigenvalue weighted by atomic mass is 10.0. The lowest BCUT2D eigenvalue weighted by Gasteiger charge is -2.24. The summed E-state index contributed by atoms with van der Waals surface area (Å²) < 4.78 is 0. The molecule has 0 spiro atoms. The Bertz CT molecular complexity index is 1080. The number of pyridine rings is 1. The minimum atomic E-state index is -0.227. The van der Waals surface area contributed by atoms with Gasteiger partial charge in [-0.05, 0) is 30.8 Å². The van der Waals surface area contributed by atoms with Crippen molar-refractivity contribution in [3.8, 4) is 11.4 Å². The average Bonchev–Trinajstić information content (AvgIpc) is 3.22. The second kappa shape index (κ2) is 8.00. The molecule has 0 unspecified atom stereocenters. The van der Waals surface area contributed by atoms with E-state index in [1.54, 1.807) is 12.1 Å². The van der Waals surface area contributed by atoms with Crippen LogP contribution in [0.5, 0.6) is 0 Å². The number of nitrogens with one attached hydrogen (secondary N) is 3. The molecule has 0 fully saturated rings. The molecule has 3 N–H and O–H groups in total. The summed E-state index contributed by atoms with van der Waals surface area (Å²) in [6, 6.07) is 9.01. The molecular weight excluding hydrogens is 368 g/mol. The molecule has 8 heteroatoms. The van der Waals surface area contributed by atoms with Crippen molar-refractivity contribution < 1.29 is 4.79 Å². The highest BCUT2D eigenvalue weighted by Crippen LogP contribution is 2.17. The van der Waals surface area contributed by atoms with Gasteiger partial charge in [0.15, 0.2) is 5.82 Å². The molecule has 4 rings (SSSR count). The number of fused-ring (bicyclic) bond motifs is 1. The number of carbonyl (C=O) groups excluding carboxylic acids is 1. The molecule has 0 saturated heterocycles. The maximum Gasteiger partial charge on any atom is 0.253 e. The first-order chi connectivity index (χ1) is 14.0. The number of hydrogen-bond donors (Lipinski definition) is 3. The lowest BCUT2D eigenvalue weighted by Crippen LogP contribution is -2.32. The first kappa shape index (κ1) is 19.1. The van der Waals surface area contributed by atoms with Crippen LogP contribution in [0.15, 0.2) is 35.1 Å². The number of benzene rings is 1. The molecule has 0 atom stereocenters. The molecule has 0 bridgehead atoms. The number of aryl methyl sites for hydroxylation is 1. The number of rotatable bonds is 5. The van der Waals surface area contributed by atoms with Crippen LogP contribution in [0.4, 0.5) is 0 Å². The Balaban J connectivity index is 1.43. The Labute approximate surface area is 168 Å². The fourth-order valence-corrected chi connectivity index (χ4v) is 3.46. The van der Waals surface area contributed by atoms with E-state index in [0.717, 1.165) is 48.6 Å². The number of nitrogens with zero attached hydrogens (tertiary/aromatic N) is 3. The van der Waals surface area contributed by atoms with Gasteiger partial charge in [-0.2, -0.15) is 5.10 Å².